The summed E-state index contributed by atoms with van der Waals surface area (Å²) in [4.78, 5) is 0.948. The van der Waals surface area contributed by atoms with Gasteiger partial charge in [0.05, 0.1) is 12.5 Å². The lowest BCUT2D eigenvalue weighted by molar-refractivity contribution is 0.337. The van der Waals surface area contributed by atoms with Crippen molar-refractivity contribution in [3.05, 3.63) is 40.8 Å². The Morgan fingerprint density at radius 2 is 2.05 bits per heavy atom. The summed E-state index contributed by atoms with van der Waals surface area (Å²) < 4.78 is 32.8. The Kier molecular flexibility index (Phi) is 5.13. The molecule has 1 aromatic carbocycles. The van der Waals surface area contributed by atoms with E-state index in [9.17, 15) is 8.42 Å². The molecule has 0 radical (unpaired) electrons. The molecule has 1 heterocycles. The maximum atomic E-state index is 12.3. The van der Waals surface area contributed by atoms with Gasteiger partial charge in [0.2, 0.25) is 0 Å². The van der Waals surface area contributed by atoms with Crippen molar-refractivity contribution >= 4 is 38.6 Å². The molecule has 0 saturated heterocycles. The number of alkyl halides is 1. The highest BCUT2D eigenvalue weighted by atomic mass is 35.5. The molecule has 0 aliphatic rings. The molecule has 21 heavy (non-hydrogen) atoms. The lowest BCUT2D eigenvalue weighted by Gasteiger charge is -2.11. The highest BCUT2D eigenvalue weighted by Crippen LogP contribution is 2.27. The van der Waals surface area contributed by atoms with Crippen LogP contribution in [-0.2, 0) is 15.9 Å². The van der Waals surface area contributed by atoms with Crippen LogP contribution in [0.15, 0.2) is 34.5 Å². The monoisotopic (exact) mass is 345 g/mol. The summed E-state index contributed by atoms with van der Waals surface area (Å²) in [6, 6.07) is 8.45. The molecule has 2 rings (SSSR count). The average Bonchev–Trinajstić information content (AvgIpc) is 2.88. The molecular formula is C14H16ClNO3S2. The van der Waals surface area contributed by atoms with Crippen molar-refractivity contribution in [2.75, 3.05) is 11.3 Å². The Labute approximate surface area is 133 Å². The third-order valence-corrected chi connectivity index (χ3v) is 5.90. The number of aryl methyl sites for hydroxylation is 1. The zero-order valence-electron chi connectivity index (χ0n) is 11.7. The largest absolute Gasteiger partial charge is 0.494 e. The fraction of sp³-hybridized carbons (Fsp3) is 0.286. The van der Waals surface area contributed by atoms with Gasteiger partial charge in [-0.05, 0) is 44.2 Å². The Bertz CT molecular complexity index is 726. The summed E-state index contributed by atoms with van der Waals surface area (Å²) in [7, 11) is -3.56. The van der Waals surface area contributed by atoms with E-state index in [2.05, 4.69) is 4.72 Å². The van der Waals surface area contributed by atoms with Gasteiger partial charge in [-0.1, -0.05) is 0 Å². The fourth-order valence-corrected chi connectivity index (χ4v) is 4.35. The summed E-state index contributed by atoms with van der Waals surface area (Å²) in [6.45, 7) is 4.28. The number of thiophene rings is 1. The number of ether oxygens (including phenoxy) is 1. The SMILES string of the molecule is CCOc1ccc(NS(=O)(=O)c2ccc(C)s2)cc1CCl. The van der Waals surface area contributed by atoms with Gasteiger partial charge in [0.1, 0.15) is 9.96 Å². The van der Waals surface area contributed by atoms with Crippen molar-refractivity contribution in [3.63, 3.8) is 0 Å². The van der Waals surface area contributed by atoms with E-state index in [-0.39, 0.29) is 5.88 Å². The molecule has 0 spiro atoms. The van der Waals surface area contributed by atoms with E-state index in [0.29, 0.717) is 22.3 Å². The van der Waals surface area contributed by atoms with Gasteiger partial charge in [-0.15, -0.1) is 22.9 Å². The summed E-state index contributed by atoms with van der Waals surface area (Å²) in [5, 5.41) is 0. The number of nitrogens with one attached hydrogen (secondary N) is 1. The van der Waals surface area contributed by atoms with Crippen LogP contribution in [0, 0.1) is 6.92 Å². The van der Waals surface area contributed by atoms with Crippen molar-refractivity contribution in [1.29, 1.82) is 0 Å². The van der Waals surface area contributed by atoms with E-state index in [1.165, 1.54) is 11.3 Å². The van der Waals surface area contributed by atoms with Gasteiger partial charge < -0.3 is 4.74 Å². The first-order chi connectivity index (χ1) is 9.96. The van der Waals surface area contributed by atoms with Crippen molar-refractivity contribution < 1.29 is 13.2 Å². The number of hydrogen-bond acceptors (Lipinski definition) is 4. The molecule has 2 aromatic rings. The molecule has 1 N–H and O–H groups in total. The molecule has 0 aliphatic carbocycles. The minimum absolute atomic E-state index is 0.253. The van der Waals surface area contributed by atoms with Crippen molar-refractivity contribution in [3.8, 4) is 5.75 Å². The highest BCUT2D eigenvalue weighted by Gasteiger charge is 2.17. The second-order valence-corrected chi connectivity index (χ2v) is 7.82. The number of rotatable bonds is 6. The molecule has 0 unspecified atom stereocenters. The summed E-state index contributed by atoms with van der Waals surface area (Å²) in [5.41, 5.74) is 1.22. The maximum absolute atomic E-state index is 12.3. The van der Waals surface area contributed by atoms with Crippen LogP contribution in [0.5, 0.6) is 5.75 Å². The van der Waals surface area contributed by atoms with Gasteiger partial charge in [-0.2, -0.15) is 0 Å². The average molecular weight is 346 g/mol. The van der Waals surface area contributed by atoms with Crippen molar-refractivity contribution in [2.45, 2.75) is 23.9 Å². The summed E-state index contributed by atoms with van der Waals surface area (Å²) >= 11 is 7.11. The molecule has 0 bridgehead atoms. The van der Waals surface area contributed by atoms with E-state index in [4.69, 9.17) is 16.3 Å². The van der Waals surface area contributed by atoms with Crippen LogP contribution in [0.25, 0.3) is 0 Å². The van der Waals surface area contributed by atoms with Gasteiger partial charge in [0.25, 0.3) is 10.0 Å². The Morgan fingerprint density at radius 3 is 2.62 bits per heavy atom. The third-order valence-electron chi connectivity index (χ3n) is 2.74. The number of benzene rings is 1. The Balaban J connectivity index is 2.27. The molecule has 4 nitrogen and oxygen atoms in total. The van der Waals surface area contributed by atoms with Crippen LogP contribution in [0.3, 0.4) is 0 Å². The normalized spacial score (nSPS) is 11.4. The zero-order chi connectivity index (χ0) is 15.5. The van der Waals surface area contributed by atoms with Gasteiger partial charge >= 0.3 is 0 Å². The number of anilines is 1. The van der Waals surface area contributed by atoms with Crippen LogP contribution < -0.4 is 9.46 Å². The molecule has 0 atom stereocenters. The molecule has 0 fully saturated rings. The predicted molar refractivity (Wildman–Crippen MR) is 87.0 cm³/mol. The highest BCUT2D eigenvalue weighted by molar-refractivity contribution is 7.94. The first-order valence-electron chi connectivity index (χ1n) is 6.37. The van der Waals surface area contributed by atoms with Crippen LogP contribution in [0.4, 0.5) is 5.69 Å². The van der Waals surface area contributed by atoms with Gasteiger partial charge in [-0.25, -0.2) is 8.42 Å². The molecule has 1 aromatic heterocycles. The van der Waals surface area contributed by atoms with Gasteiger partial charge in [0, 0.05) is 16.1 Å². The van der Waals surface area contributed by atoms with Crippen LogP contribution in [0.2, 0.25) is 0 Å². The van der Waals surface area contributed by atoms with Crippen LogP contribution in [-0.4, -0.2) is 15.0 Å². The number of sulfonamides is 1. The Hall–Kier alpha value is -1.24. The molecular weight excluding hydrogens is 330 g/mol. The zero-order valence-corrected chi connectivity index (χ0v) is 14.1. The number of halogens is 1. The summed E-state index contributed by atoms with van der Waals surface area (Å²) in [6.07, 6.45) is 0. The van der Waals surface area contributed by atoms with Crippen molar-refractivity contribution in [2.24, 2.45) is 0 Å². The van der Waals surface area contributed by atoms with E-state index in [1.54, 1.807) is 30.3 Å². The second-order valence-electron chi connectivity index (χ2n) is 4.36. The van der Waals surface area contributed by atoms with Crippen LogP contribution >= 0.6 is 22.9 Å². The minimum atomic E-state index is -3.56. The molecule has 0 aliphatic heterocycles. The second kappa shape index (κ2) is 6.68. The van der Waals surface area contributed by atoms with Crippen molar-refractivity contribution in [1.82, 2.24) is 0 Å². The number of hydrogen-bond donors (Lipinski definition) is 1. The van der Waals surface area contributed by atoms with E-state index < -0.39 is 10.0 Å². The lowest BCUT2D eigenvalue weighted by atomic mass is 10.2. The molecule has 7 heteroatoms. The molecule has 0 saturated carbocycles. The topological polar surface area (TPSA) is 55.4 Å². The predicted octanol–water partition coefficient (Wildman–Crippen LogP) is 3.99. The smallest absolute Gasteiger partial charge is 0.271 e. The van der Waals surface area contributed by atoms with E-state index in [0.717, 1.165) is 10.4 Å². The fourth-order valence-electron chi connectivity index (χ4n) is 1.81. The first-order valence-corrected chi connectivity index (χ1v) is 9.20. The quantitative estimate of drug-likeness (QED) is 0.805. The summed E-state index contributed by atoms with van der Waals surface area (Å²) in [5.74, 6) is 0.922. The molecule has 114 valence electrons. The lowest BCUT2D eigenvalue weighted by Crippen LogP contribution is -2.11. The maximum Gasteiger partial charge on any atom is 0.271 e. The Morgan fingerprint density at radius 1 is 1.29 bits per heavy atom. The standard InChI is InChI=1S/C14H16ClNO3S2/c1-3-19-13-6-5-12(8-11(13)9-15)16-21(17,18)14-7-4-10(2)20-14/h4-8,16H,3,9H2,1-2H3. The van der Waals surface area contributed by atoms with Gasteiger partial charge in [-0.3, -0.25) is 4.72 Å². The third kappa shape index (κ3) is 3.90. The molecule has 0 amide bonds. The first kappa shape index (κ1) is 16.1. The van der Waals surface area contributed by atoms with E-state index in [1.807, 2.05) is 13.8 Å². The van der Waals surface area contributed by atoms with Crippen LogP contribution in [0.1, 0.15) is 17.4 Å². The minimum Gasteiger partial charge on any atom is -0.494 e. The van der Waals surface area contributed by atoms with Gasteiger partial charge in [0.15, 0.2) is 0 Å². The van der Waals surface area contributed by atoms with E-state index >= 15 is 0 Å².